The number of benzene rings is 4. The van der Waals surface area contributed by atoms with Crippen LogP contribution in [0.5, 0.6) is 23.0 Å². The van der Waals surface area contributed by atoms with Gasteiger partial charge in [-0.15, -0.1) is 0 Å². The van der Waals surface area contributed by atoms with Crippen LogP contribution < -0.4 is 9.47 Å². The number of rotatable bonds is 9. The first kappa shape index (κ1) is 29.7. The molecule has 1 N–H and O–H groups in total. The van der Waals surface area contributed by atoms with E-state index in [0.29, 0.717) is 0 Å². The van der Waals surface area contributed by atoms with Crippen molar-refractivity contribution in [1.82, 2.24) is 0 Å². The normalized spacial score (nSPS) is 12.1. The van der Waals surface area contributed by atoms with Gasteiger partial charge in [0.25, 0.3) is 10.1 Å². The van der Waals surface area contributed by atoms with Gasteiger partial charge in [-0.25, -0.2) is 16.8 Å². The van der Waals surface area contributed by atoms with Crippen molar-refractivity contribution < 1.29 is 44.2 Å². The van der Waals surface area contributed by atoms with Gasteiger partial charge in [0.1, 0.15) is 22.1 Å². The van der Waals surface area contributed by atoms with Crippen molar-refractivity contribution in [3.05, 3.63) is 101 Å². The molecule has 0 atom stereocenters. The Balaban J connectivity index is 1.64. The fourth-order valence-corrected chi connectivity index (χ4v) is 6.22. The first-order valence-electron chi connectivity index (χ1n) is 11.4. The number of aryl methyl sites for hydroxylation is 1. The van der Waals surface area contributed by atoms with Gasteiger partial charge in [0, 0.05) is 12.3 Å². The minimum atomic E-state index is -4.89. The van der Waals surface area contributed by atoms with E-state index in [0.717, 1.165) is 60.4 Å². The SMILES string of the molecule is Cc1ccc(Oc2ccc(S(=O)(=O)c3ccc(Oc4ccc(S(C)(=O)=O)cc4[N+](=O)[O-])cc3)cc2S(=O)(=O)O)cc1. The predicted octanol–water partition coefficient (Wildman–Crippen LogP) is 4.97. The molecule has 0 saturated heterocycles. The maximum absolute atomic E-state index is 13.3. The standard InChI is InChI=1S/C26H21NO11S3/c1-17-3-5-18(6-4-17)38-25-14-12-22(16-26(25)41(34,35)36)40(32,33)20-9-7-19(8-10-20)37-24-13-11-21(39(2,30)31)15-23(24)27(28)29/h3-16H,1-2H3,(H,34,35,36). The molecule has 214 valence electrons. The van der Waals surface area contributed by atoms with Gasteiger partial charge in [-0.2, -0.15) is 8.42 Å². The van der Waals surface area contributed by atoms with Crippen LogP contribution in [0.15, 0.2) is 105 Å². The fraction of sp³-hybridized carbons (Fsp3) is 0.0769. The van der Waals surface area contributed by atoms with E-state index in [1.54, 1.807) is 24.3 Å². The van der Waals surface area contributed by atoms with E-state index in [1.807, 2.05) is 6.92 Å². The summed E-state index contributed by atoms with van der Waals surface area (Å²) in [4.78, 5) is 8.86. The lowest BCUT2D eigenvalue weighted by molar-refractivity contribution is -0.385. The Labute approximate surface area is 235 Å². The van der Waals surface area contributed by atoms with E-state index < -0.39 is 50.2 Å². The van der Waals surface area contributed by atoms with Gasteiger partial charge < -0.3 is 9.47 Å². The third kappa shape index (κ3) is 6.71. The van der Waals surface area contributed by atoms with Crippen LogP contribution in [0.25, 0.3) is 0 Å². The fourth-order valence-electron chi connectivity index (χ4n) is 3.58. The first-order valence-corrected chi connectivity index (χ1v) is 16.2. The molecule has 0 saturated carbocycles. The molecular weight excluding hydrogens is 598 g/mol. The minimum Gasteiger partial charge on any atom is -0.456 e. The number of nitrogens with zero attached hydrogens (tertiary/aromatic N) is 1. The van der Waals surface area contributed by atoms with E-state index in [2.05, 4.69) is 0 Å². The molecule has 0 heterocycles. The molecule has 4 rings (SSSR count). The molecule has 0 amide bonds. The summed E-state index contributed by atoms with van der Waals surface area (Å²) < 4.78 is 94.9. The first-order chi connectivity index (χ1) is 19.1. The van der Waals surface area contributed by atoms with Crippen molar-refractivity contribution >= 4 is 35.5 Å². The van der Waals surface area contributed by atoms with Crippen molar-refractivity contribution in [2.45, 2.75) is 26.5 Å². The lowest BCUT2D eigenvalue weighted by atomic mass is 10.2. The molecule has 0 aromatic heterocycles. The Morgan fingerprint density at radius 1 is 0.683 bits per heavy atom. The minimum absolute atomic E-state index is 0.000346. The highest BCUT2D eigenvalue weighted by molar-refractivity contribution is 7.91. The molecule has 0 unspecified atom stereocenters. The summed E-state index contributed by atoms with van der Waals surface area (Å²) in [5, 5.41) is 11.5. The van der Waals surface area contributed by atoms with Crippen molar-refractivity contribution in [2.75, 3.05) is 6.26 Å². The number of hydrogen-bond acceptors (Lipinski definition) is 10. The summed E-state index contributed by atoms with van der Waals surface area (Å²) in [5.74, 6) is -0.306. The molecule has 12 nitrogen and oxygen atoms in total. The summed E-state index contributed by atoms with van der Waals surface area (Å²) >= 11 is 0. The van der Waals surface area contributed by atoms with Crippen LogP contribution in [0.4, 0.5) is 5.69 Å². The third-order valence-corrected chi connectivity index (χ3v) is 9.42. The quantitative estimate of drug-likeness (QED) is 0.151. The van der Waals surface area contributed by atoms with Crippen LogP contribution in [-0.2, 0) is 29.8 Å². The number of sulfone groups is 2. The van der Waals surface area contributed by atoms with Crippen LogP contribution in [-0.4, -0.2) is 41.0 Å². The highest BCUT2D eigenvalue weighted by Gasteiger charge is 2.25. The van der Waals surface area contributed by atoms with Gasteiger partial charge in [-0.05, 0) is 73.7 Å². The average molecular weight is 620 g/mol. The van der Waals surface area contributed by atoms with Crippen LogP contribution in [0, 0.1) is 17.0 Å². The summed E-state index contributed by atoms with van der Waals surface area (Å²) in [5.41, 5.74) is 0.309. The highest BCUT2D eigenvalue weighted by atomic mass is 32.2. The molecule has 4 aromatic rings. The van der Waals surface area contributed by atoms with E-state index in [-0.39, 0.29) is 32.8 Å². The molecule has 0 aliphatic carbocycles. The van der Waals surface area contributed by atoms with Crippen LogP contribution >= 0.6 is 0 Å². The second kappa shape index (κ2) is 10.9. The van der Waals surface area contributed by atoms with Gasteiger partial charge in [0.05, 0.1) is 19.6 Å². The van der Waals surface area contributed by atoms with E-state index in [1.165, 1.54) is 12.1 Å². The molecule has 41 heavy (non-hydrogen) atoms. The Morgan fingerprint density at radius 2 is 1.17 bits per heavy atom. The van der Waals surface area contributed by atoms with Gasteiger partial charge in [-0.1, -0.05) is 17.7 Å². The maximum Gasteiger partial charge on any atom is 0.312 e. The molecule has 15 heteroatoms. The number of nitro benzene ring substituents is 1. The van der Waals surface area contributed by atoms with Gasteiger partial charge >= 0.3 is 5.69 Å². The monoisotopic (exact) mass is 619 g/mol. The second-order valence-electron chi connectivity index (χ2n) is 8.73. The van der Waals surface area contributed by atoms with Crippen molar-refractivity contribution in [3.8, 4) is 23.0 Å². The smallest absolute Gasteiger partial charge is 0.312 e. The number of ether oxygens (including phenoxy) is 2. The molecular formula is C26H21NO11S3. The molecule has 0 bridgehead atoms. The number of nitro groups is 1. The largest absolute Gasteiger partial charge is 0.456 e. The zero-order valence-electron chi connectivity index (χ0n) is 21.3. The van der Waals surface area contributed by atoms with Gasteiger partial charge in [-0.3, -0.25) is 14.7 Å². The van der Waals surface area contributed by atoms with E-state index in [9.17, 15) is 39.9 Å². The van der Waals surface area contributed by atoms with Crippen molar-refractivity contribution in [2.24, 2.45) is 0 Å². The van der Waals surface area contributed by atoms with Gasteiger partial charge in [0.15, 0.2) is 9.84 Å². The molecule has 4 aromatic carbocycles. The highest BCUT2D eigenvalue weighted by Crippen LogP contribution is 2.36. The Kier molecular flexibility index (Phi) is 7.91. The Morgan fingerprint density at radius 3 is 1.71 bits per heavy atom. The Bertz CT molecular complexity index is 1970. The molecule has 0 radical (unpaired) electrons. The summed E-state index contributed by atoms with van der Waals surface area (Å²) in [6, 6.07) is 17.3. The zero-order valence-corrected chi connectivity index (χ0v) is 23.7. The van der Waals surface area contributed by atoms with Gasteiger partial charge in [0.2, 0.25) is 15.6 Å². The van der Waals surface area contributed by atoms with Crippen molar-refractivity contribution in [1.29, 1.82) is 0 Å². The number of hydrogen-bond donors (Lipinski definition) is 1. The van der Waals surface area contributed by atoms with Crippen molar-refractivity contribution in [3.63, 3.8) is 0 Å². The van der Waals surface area contributed by atoms with Crippen LogP contribution in [0.3, 0.4) is 0 Å². The molecule has 0 aliphatic heterocycles. The molecule has 0 fully saturated rings. The van der Waals surface area contributed by atoms with E-state index >= 15 is 0 Å². The Hall–Kier alpha value is -4.31. The lowest BCUT2D eigenvalue weighted by Crippen LogP contribution is -2.06. The summed E-state index contributed by atoms with van der Waals surface area (Å²) in [6.07, 6.45) is 0.898. The zero-order chi connectivity index (χ0) is 30.2. The molecule has 0 aliphatic rings. The summed E-state index contributed by atoms with van der Waals surface area (Å²) in [6.45, 7) is 1.84. The molecule has 0 spiro atoms. The van der Waals surface area contributed by atoms with Crippen LogP contribution in [0.1, 0.15) is 5.56 Å². The third-order valence-electron chi connectivity index (χ3n) is 5.67. The average Bonchev–Trinajstić information content (AvgIpc) is 2.89. The predicted molar refractivity (Wildman–Crippen MR) is 146 cm³/mol. The second-order valence-corrected chi connectivity index (χ2v) is 14.1. The van der Waals surface area contributed by atoms with E-state index in [4.69, 9.17) is 9.47 Å². The topological polar surface area (TPSA) is 184 Å². The maximum atomic E-state index is 13.3. The summed E-state index contributed by atoms with van der Waals surface area (Å²) in [7, 11) is -12.9. The lowest BCUT2D eigenvalue weighted by Gasteiger charge is -2.12. The van der Waals surface area contributed by atoms with Crippen LogP contribution in [0.2, 0.25) is 0 Å².